The first-order chi connectivity index (χ1) is 6.52. The first-order valence-corrected chi connectivity index (χ1v) is 5.52. The molecule has 0 aliphatic carbocycles. The molecule has 76 valence electrons. The summed E-state index contributed by atoms with van der Waals surface area (Å²) in [6, 6.07) is 5.43. The quantitative estimate of drug-likeness (QED) is 0.825. The Bertz CT molecular complexity index is 352. The van der Waals surface area contributed by atoms with Crippen molar-refractivity contribution in [2.75, 3.05) is 5.32 Å². The molecule has 0 aliphatic heterocycles. The van der Waals surface area contributed by atoms with Gasteiger partial charge in [0.05, 0.1) is 4.83 Å². The van der Waals surface area contributed by atoms with Gasteiger partial charge in [0.25, 0.3) is 0 Å². The average molecular weight is 277 g/mol. The zero-order valence-corrected chi connectivity index (χ0v) is 10.3. The van der Waals surface area contributed by atoms with Gasteiger partial charge in [-0.15, -0.1) is 0 Å². The first-order valence-electron chi connectivity index (χ1n) is 4.22. The predicted molar refractivity (Wildman–Crippen MR) is 63.2 cm³/mol. The maximum atomic E-state index is 11.4. The van der Waals surface area contributed by atoms with E-state index in [1.54, 1.807) is 13.0 Å². The molecule has 14 heavy (non-hydrogen) atoms. The number of nitrogens with one attached hydrogen (secondary N) is 1. The molecule has 0 saturated heterocycles. The van der Waals surface area contributed by atoms with Gasteiger partial charge in [-0.3, -0.25) is 4.79 Å². The maximum absolute atomic E-state index is 11.4. The lowest BCUT2D eigenvalue weighted by Crippen LogP contribution is -2.20. The number of anilines is 1. The van der Waals surface area contributed by atoms with Gasteiger partial charge in [0.2, 0.25) is 5.91 Å². The Kier molecular flexibility index (Phi) is 3.96. The van der Waals surface area contributed by atoms with Crippen molar-refractivity contribution in [3.05, 3.63) is 28.8 Å². The van der Waals surface area contributed by atoms with Crippen molar-refractivity contribution in [1.82, 2.24) is 0 Å². The zero-order valence-electron chi connectivity index (χ0n) is 7.97. The van der Waals surface area contributed by atoms with E-state index in [2.05, 4.69) is 21.2 Å². The van der Waals surface area contributed by atoms with Crippen LogP contribution in [0.2, 0.25) is 5.02 Å². The van der Waals surface area contributed by atoms with Crippen molar-refractivity contribution in [2.24, 2.45) is 0 Å². The molecular weight excluding hydrogens is 265 g/mol. The van der Waals surface area contributed by atoms with Crippen molar-refractivity contribution in [3.8, 4) is 0 Å². The van der Waals surface area contributed by atoms with Crippen LogP contribution in [0.1, 0.15) is 12.5 Å². The molecule has 4 heteroatoms. The Hall–Kier alpha value is -0.540. The van der Waals surface area contributed by atoms with Gasteiger partial charge in [-0.2, -0.15) is 0 Å². The summed E-state index contributed by atoms with van der Waals surface area (Å²) in [7, 11) is 0. The molecule has 0 spiro atoms. The van der Waals surface area contributed by atoms with Gasteiger partial charge in [0.1, 0.15) is 0 Å². The van der Waals surface area contributed by atoms with E-state index in [0.29, 0.717) is 5.02 Å². The van der Waals surface area contributed by atoms with Gasteiger partial charge in [-0.25, -0.2) is 0 Å². The summed E-state index contributed by atoms with van der Waals surface area (Å²) in [5.41, 5.74) is 1.64. The second-order valence-corrected chi connectivity index (χ2v) is 4.80. The van der Waals surface area contributed by atoms with Gasteiger partial charge in [0, 0.05) is 10.7 Å². The topological polar surface area (TPSA) is 29.1 Å². The second-order valence-electron chi connectivity index (χ2n) is 3.02. The average Bonchev–Trinajstić information content (AvgIpc) is 2.12. The van der Waals surface area contributed by atoms with Crippen molar-refractivity contribution in [3.63, 3.8) is 0 Å². The highest BCUT2D eigenvalue weighted by molar-refractivity contribution is 9.10. The van der Waals surface area contributed by atoms with Gasteiger partial charge >= 0.3 is 0 Å². The molecule has 1 amide bonds. The Morgan fingerprint density at radius 3 is 2.79 bits per heavy atom. The van der Waals surface area contributed by atoms with Crippen LogP contribution in [0.4, 0.5) is 5.69 Å². The van der Waals surface area contributed by atoms with Crippen LogP contribution >= 0.6 is 27.5 Å². The number of carbonyl (C=O) groups is 1. The van der Waals surface area contributed by atoms with Crippen LogP contribution in [0.5, 0.6) is 0 Å². The van der Waals surface area contributed by atoms with Crippen LogP contribution in [-0.2, 0) is 4.79 Å². The minimum absolute atomic E-state index is 0.0737. The third kappa shape index (κ3) is 2.72. The third-order valence-electron chi connectivity index (χ3n) is 1.89. The summed E-state index contributed by atoms with van der Waals surface area (Å²) >= 11 is 9.11. The minimum Gasteiger partial charge on any atom is -0.325 e. The molecule has 1 atom stereocenters. The Morgan fingerprint density at radius 1 is 1.57 bits per heavy atom. The monoisotopic (exact) mass is 275 g/mol. The first kappa shape index (κ1) is 11.5. The number of halogens is 2. The fraction of sp³-hybridized carbons (Fsp3) is 0.300. The summed E-state index contributed by atoms with van der Waals surface area (Å²) < 4.78 is 0. The summed E-state index contributed by atoms with van der Waals surface area (Å²) in [6.45, 7) is 3.64. The minimum atomic E-state index is -0.208. The Morgan fingerprint density at radius 2 is 2.21 bits per heavy atom. The fourth-order valence-electron chi connectivity index (χ4n) is 0.975. The molecular formula is C10H11BrClNO. The molecule has 0 fully saturated rings. The molecule has 1 aromatic carbocycles. The van der Waals surface area contributed by atoms with E-state index in [1.165, 1.54) is 0 Å². The molecule has 0 radical (unpaired) electrons. The molecule has 0 heterocycles. The highest BCUT2D eigenvalue weighted by Gasteiger charge is 2.10. The molecule has 1 rings (SSSR count). The number of alkyl halides is 1. The van der Waals surface area contributed by atoms with Crippen molar-refractivity contribution < 1.29 is 4.79 Å². The molecule has 0 bridgehead atoms. The highest BCUT2D eigenvalue weighted by Crippen LogP contribution is 2.23. The van der Waals surface area contributed by atoms with E-state index < -0.39 is 0 Å². The number of hydrogen-bond donors (Lipinski definition) is 1. The van der Waals surface area contributed by atoms with E-state index in [0.717, 1.165) is 11.3 Å². The smallest absolute Gasteiger partial charge is 0.237 e. The van der Waals surface area contributed by atoms with Crippen LogP contribution in [0.25, 0.3) is 0 Å². The van der Waals surface area contributed by atoms with Gasteiger partial charge in [0.15, 0.2) is 0 Å². The van der Waals surface area contributed by atoms with E-state index in [1.807, 2.05) is 19.1 Å². The molecule has 0 aromatic heterocycles. The van der Waals surface area contributed by atoms with Crippen molar-refractivity contribution in [2.45, 2.75) is 18.7 Å². The normalized spacial score (nSPS) is 12.3. The van der Waals surface area contributed by atoms with E-state index in [-0.39, 0.29) is 10.7 Å². The standard InChI is InChI=1S/C10H11BrClNO/c1-6-8(12)4-3-5-9(6)13-10(14)7(2)11/h3-5,7H,1-2H3,(H,13,14)/t7-/m1/s1. The third-order valence-corrected chi connectivity index (χ3v) is 2.71. The van der Waals surface area contributed by atoms with Crippen molar-refractivity contribution >= 4 is 39.1 Å². The number of hydrogen-bond acceptors (Lipinski definition) is 1. The lowest BCUT2D eigenvalue weighted by molar-refractivity contribution is -0.115. The second kappa shape index (κ2) is 4.80. The zero-order chi connectivity index (χ0) is 10.7. The van der Waals surface area contributed by atoms with Crippen LogP contribution in [0, 0.1) is 6.92 Å². The Labute approximate surface area is 96.8 Å². The number of benzene rings is 1. The summed E-state index contributed by atoms with van der Waals surface area (Å²) in [6.07, 6.45) is 0. The van der Waals surface area contributed by atoms with Gasteiger partial charge in [-0.05, 0) is 31.5 Å². The van der Waals surface area contributed by atoms with Crippen LogP contribution < -0.4 is 5.32 Å². The number of carbonyl (C=O) groups excluding carboxylic acids is 1. The van der Waals surface area contributed by atoms with Gasteiger partial charge < -0.3 is 5.32 Å². The summed E-state index contributed by atoms with van der Waals surface area (Å²) in [5.74, 6) is -0.0737. The number of amides is 1. The SMILES string of the molecule is Cc1c(Cl)cccc1NC(=O)[C@@H](C)Br. The lowest BCUT2D eigenvalue weighted by Gasteiger charge is -2.10. The van der Waals surface area contributed by atoms with E-state index in [9.17, 15) is 4.79 Å². The molecule has 2 nitrogen and oxygen atoms in total. The fourth-order valence-corrected chi connectivity index (χ4v) is 1.26. The molecule has 0 unspecified atom stereocenters. The largest absolute Gasteiger partial charge is 0.325 e. The summed E-state index contributed by atoms with van der Waals surface area (Å²) in [5, 5.41) is 3.44. The van der Waals surface area contributed by atoms with Crippen LogP contribution in [-0.4, -0.2) is 10.7 Å². The maximum Gasteiger partial charge on any atom is 0.237 e. The molecule has 1 aromatic rings. The van der Waals surface area contributed by atoms with Crippen molar-refractivity contribution in [1.29, 1.82) is 0 Å². The molecule has 1 N–H and O–H groups in total. The predicted octanol–water partition coefficient (Wildman–Crippen LogP) is 3.37. The van der Waals surface area contributed by atoms with E-state index >= 15 is 0 Å². The molecule has 0 saturated carbocycles. The number of rotatable bonds is 2. The van der Waals surface area contributed by atoms with Crippen LogP contribution in [0.15, 0.2) is 18.2 Å². The summed E-state index contributed by atoms with van der Waals surface area (Å²) in [4.78, 5) is 11.2. The van der Waals surface area contributed by atoms with Crippen LogP contribution in [0.3, 0.4) is 0 Å². The Balaban J connectivity index is 2.87. The van der Waals surface area contributed by atoms with E-state index in [4.69, 9.17) is 11.6 Å². The highest BCUT2D eigenvalue weighted by atomic mass is 79.9. The van der Waals surface area contributed by atoms with Gasteiger partial charge in [-0.1, -0.05) is 33.6 Å². The lowest BCUT2D eigenvalue weighted by atomic mass is 10.2. The molecule has 0 aliphatic rings.